The van der Waals surface area contributed by atoms with Crippen molar-refractivity contribution in [3.63, 3.8) is 0 Å². The number of ether oxygens (including phenoxy) is 1. The number of halogens is 1. The highest BCUT2D eigenvalue weighted by molar-refractivity contribution is 6.33. The van der Waals surface area contributed by atoms with Crippen molar-refractivity contribution in [2.24, 2.45) is 0 Å². The first kappa shape index (κ1) is 20.9. The predicted molar refractivity (Wildman–Crippen MR) is 117 cm³/mol. The van der Waals surface area contributed by atoms with E-state index in [4.69, 9.17) is 20.8 Å². The number of hydrogen-bond donors (Lipinski definition) is 2. The van der Waals surface area contributed by atoms with Crippen LogP contribution in [0.3, 0.4) is 0 Å². The molecule has 3 aromatic rings. The molecule has 31 heavy (non-hydrogen) atoms. The molecule has 2 N–H and O–H groups in total. The Labute approximate surface area is 183 Å². The van der Waals surface area contributed by atoms with Crippen LogP contribution >= 0.6 is 11.6 Å². The maximum atomic E-state index is 12.4. The maximum absolute atomic E-state index is 12.4. The molecule has 9 nitrogen and oxygen atoms in total. The number of rotatable bonds is 4. The van der Waals surface area contributed by atoms with Gasteiger partial charge in [-0.2, -0.15) is 4.98 Å². The molecule has 0 atom stereocenters. The van der Waals surface area contributed by atoms with E-state index in [2.05, 4.69) is 20.6 Å². The number of anilines is 2. The van der Waals surface area contributed by atoms with Crippen molar-refractivity contribution in [3.8, 4) is 11.5 Å². The van der Waals surface area contributed by atoms with E-state index in [-0.39, 0.29) is 18.0 Å². The lowest BCUT2D eigenvalue weighted by Crippen LogP contribution is -2.32. The van der Waals surface area contributed by atoms with Gasteiger partial charge in [0, 0.05) is 24.8 Å². The lowest BCUT2D eigenvalue weighted by Gasteiger charge is -2.16. The van der Waals surface area contributed by atoms with Gasteiger partial charge in [0.1, 0.15) is 0 Å². The van der Waals surface area contributed by atoms with E-state index in [0.717, 1.165) is 25.9 Å². The predicted octanol–water partition coefficient (Wildman–Crippen LogP) is 5.13. The molecule has 0 radical (unpaired) electrons. The smallest absolute Gasteiger partial charge is 0.411 e. The average Bonchev–Trinajstić information content (AvgIpc) is 3.38. The number of carbonyl (C=O) groups excluding carboxylic acids is 2. The number of likely N-dealkylation sites (tertiary alicyclic amines) is 1. The van der Waals surface area contributed by atoms with Crippen LogP contribution in [0.25, 0.3) is 22.7 Å². The number of pyridine rings is 1. The summed E-state index contributed by atoms with van der Waals surface area (Å²) in [5.41, 5.74) is 2.26. The quantitative estimate of drug-likeness (QED) is 0.578. The Hall–Kier alpha value is -3.33. The van der Waals surface area contributed by atoms with Gasteiger partial charge in [-0.3, -0.25) is 5.32 Å². The van der Waals surface area contributed by atoms with Crippen LogP contribution in [0, 0.1) is 0 Å². The van der Waals surface area contributed by atoms with Gasteiger partial charge in [-0.15, -0.1) is 0 Å². The van der Waals surface area contributed by atoms with Gasteiger partial charge in [0.15, 0.2) is 11.2 Å². The second kappa shape index (κ2) is 8.81. The van der Waals surface area contributed by atoms with E-state index in [0.29, 0.717) is 33.2 Å². The summed E-state index contributed by atoms with van der Waals surface area (Å²) in [6.07, 6.45) is 2.67. The molecule has 1 fully saturated rings. The number of hydrogen-bond acceptors (Lipinski definition) is 6. The zero-order valence-electron chi connectivity index (χ0n) is 17.1. The van der Waals surface area contributed by atoms with E-state index >= 15 is 0 Å². The van der Waals surface area contributed by atoms with Gasteiger partial charge in [-0.05, 0) is 44.9 Å². The Morgan fingerprint density at radius 1 is 1.16 bits per heavy atom. The molecule has 3 amide bonds. The molecule has 0 unspecified atom stereocenters. The molecule has 0 saturated carbocycles. The number of nitrogens with zero attached hydrogens (tertiary/aromatic N) is 3. The summed E-state index contributed by atoms with van der Waals surface area (Å²) in [6.45, 7) is 5.03. The molecule has 0 bridgehead atoms. The minimum Gasteiger partial charge on any atom is -0.447 e. The standard InChI is InChI=1S/C21H22ClN5O4/c1-12(2)30-21(29)25-14-10-17-18(23-11-14)26-19(31-17)15-9-13(5-6-16(15)22)24-20(28)27-7-3-4-8-27/h5-6,9-12H,3-4,7-8H2,1-2H3,(H,24,28)(H,25,29). The van der Waals surface area contributed by atoms with Crippen LogP contribution in [0.4, 0.5) is 21.0 Å². The van der Waals surface area contributed by atoms with E-state index in [1.54, 1.807) is 43.0 Å². The van der Waals surface area contributed by atoms with Crippen molar-refractivity contribution in [1.82, 2.24) is 14.9 Å². The summed E-state index contributed by atoms with van der Waals surface area (Å²) in [7, 11) is 0. The number of amides is 3. The number of aromatic nitrogens is 2. The van der Waals surface area contributed by atoms with E-state index in [1.165, 1.54) is 6.20 Å². The first-order chi connectivity index (χ1) is 14.9. The molecule has 0 spiro atoms. The van der Waals surface area contributed by atoms with Crippen molar-refractivity contribution >= 4 is 46.3 Å². The number of fused-ring (bicyclic) bond motifs is 1. The minimum atomic E-state index is -0.583. The summed E-state index contributed by atoms with van der Waals surface area (Å²) in [6, 6.07) is 6.57. The third-order valence-corrected chi connectivity index (χ3v) is 5.01. The molecule has 1 aliphatic heterocycles. The fourth-order valence-corrected chi connectivity index (χ4v) is 3.45. The highest BCUT2D eigenvalue weighted by atomic mass is 35.5. The number of carbonyl (C=O) groups is 2. The minimum absolute atomic E-state index is 0.144. The SMILES string of the molecule is CC(C)OC(=O)Nc1cnc2nc(-c3cc(NC(=O)N4CCCC4)ccc3Cl)oc2c1. The first-order valence-electron chi connectivity index (χ1n) is 9.99. The van der Waals surface area contributed by atoms with Gasteiger partial charge in [0.2, 0.25) is 5.89 Å². The molecule has 162 valence electrons. The van der Waals surface area contributed by atoms with Crippen LogP contribution in [0.15, 0.2) is 34.9 Å². The summed E-state index contributed by atoms with van der Waals surface area (Å²) < 4.78 is 10.9. The molecule has 0 aliphatic carbocycles. The molecule has 1 aliphatic rings. The van der Waals surface area contributed by atoms with Gasteiger partial charge in [0.05, 0.1) is 28.6 Å². The molecule has 10 heteroatoms. The van der Waals surface area contributed by atoms with Crippen LogP contribution in [-0.4, -0.2) is 46.2 Å². The van der Waals surface area contributed by atoms with Gasteiger partial charge in [0.25, 0.3) is 0 Å². The van der Waals surface area contributed by atoms with Crippen LogP contribution in [-0.2, 0) is 4.74 Å². The van der Waals surface area contributed by atoms with Crippen molar-refractivity contribution in [2.45, 2.75) is 32.8 Å². The van der Waals surface area contributed by atoms with E-state index in [9.17, 15) is 9.59 Å². The fraction of sp³-hybridized carbons (Fsp3) is 0.333. The summed E-state index contributed by atoms with van der Waals surface area (Å²) in [5.74, 6) is 0.256. The lowest BCUT2D eigenvalue weighted by atomic mass is 10.2. The Morgan fingerprint density at radius 3 is 2.68 bits per heavy atom. The topological polar surface area (TPSA) is 110 Å². The summed E-state index contributed by atoms with van der Waals surface area (Å²) in [5, 5.41) is 5.90. The van der Waals surface area contributed by atoms with Gasteiger partial charge >= 0.3 is 12.1 Å². The molecular formula is C21H22ClN5O4. The second-order valence-electron chi connectivity index (χ2n) is 7.46. The monoisotopic (exact) mass is 443 g/mol. The van der Waals surface area contributed by atoms with Crippen LogP contribution < -0.4 is 10.6 Å². The molecule has 1 aromatic carbocycles. The van der Waals surface area contributed by atoms with E-state index in [1.807, 2.05) is 0 Å². The second-order valence-corrected chi connectivity index (χ2v) is 7.87. The highest BCUT2D eigenvalue weighted by Gasteiger charge is 2.19. The van der Waals surface area contributed by atoms with Gasteiger partial charge in [-0.25, -0.2) is 14.6 Å². The third-order valence-electron chi connectivity index (χ3n) is 4.68. The largest absolute Gasteiger partial charge is 0.447 e. The maximum Gasteiger partial charge on any atom is 0.411 e. The molecule has 3 heterocycles. The normalized spacial score (nSPS) is 13.6. The van der Waals surface area contributed by atoms with Gasteiger partial charge < -0.3 is 19.4 Å². The molecular weight excluding hydrogens is 422 g/mol. The van der Waals surface area contributed by atoms with Crippen molar-refractivity contribution < 1.29 is 18.7 Å². The van der Waals surface area contributed by atoms with Crippen molar-refractivity contribution in [2.75, 3.05) is 23.7 Å². The number of urea groups is 1. The average molecular weight is 444 g/mol. The fourth-order valence-electron chi connectivity index (χ4n) is 3.25. The van der Waals surface area contributed by atoms with Crippen LogP contribution in [0.5, 0.6) is 0 Å². The van der Waals surface area contributed by atoms with Crippen molar-refractivity contribution in [1.29, 1.82) is 0 Å². The zero-order valence-corrected chi connectivity index (χ0v) is 17.9. The molecule has 1 saturated heterocycles. The number of oxazole rings is 1. The number of benzene rings is 1. The first-order valence-corrected chi connectivity index (χ1v) is 10.4. The summed E-state index contributed by atoms with van der Waals surface area (Å²) >= 11 is 6.35. The van der Waals surface area contributed by atoms with Crippen molar-refractivity contribution in [3.05, 3.63) is 35.5 Å². The Balaban J connectivity index is 1.56. The zero-order chi connectivity index (χ0) is 22.0. The van der Waals surface area contributed by atoms with Gasteiger partial charge in [-0.1, -0.05) is 11.6 Å². The van der Waals surface area contributed by atoms with Crippen LogP contribution in [0.1, 0.15) is 26.7 Å². The Morgan fingerprint density at radius 2 is 1.94 bits per heavy atom. The molecule has 2 aromatic heterocycles. The number of nitrogens with one attached hydrogen (secondary N) is 2. The highest BCUT2D eigenvalue weighted by Crippen LogP contribution is 2.32. The third kappa shape index (κ3) is 4.88. The molecule has 4 rings (SSSR count). The van der Waals surface area contributed by atoms with Crippen LogP contribution in [0.2, 0.25) is 5.02 Å². The Kier molecular flexibility index (Phi) is 5.94. The lowest BCUT2D eigenvalue weighted by molar-refractivity contribution is 0.130. The van der Waals surface area contributed by atoms with E-state index < -0.39 is 6.09 Å². The summed E-state index contributed by atoms with van der Waals surface area (Å²) in [4.78, 5) is 34.5. The Bertz CT molecular complexity index is 1120.